The molecule has 0 atom stereocenters. The van der Waals surface area contributed by atoms with Crippen molar-refractivity contribution in [2.24, 2.45) is 5.73 Å². The number of hydrogen-bond donors (Lipinski definition) is 1. The van der Waals surface area contributed by atoms with Crippen molar-refractivity contribution in [2.45, 2.75) is 52.9 Å². The normalized spacial score (nSPS) is 9.95. The van der Waals surface area contributed by atoms with Gasteiger partial charge in [0.15, 0.2) is 0 Å². The van der Waals surface area contributed by atoms with E-state index in [1.54, 1.807) is 4.90 Å². The van der Waals surface area contributed by atoms with Crippen molar-refractivity contribution in [3.8, 4) is 0 Å². The molecule has 0 aliphatic rings. The molecular formula is C16H36N2O3. The van der Waals surface area contributed by atoms with E-state index in [0.717, 1.165) is 58.7 Å². The molecule has 2 N–H and O–H groups in total. The van der Waals surface area contributed by atoms with Gasteiger partial charge in [-0.25, -0.2) is 0 Å². The van der Waals surface area contributed by atoms with Crippen LogP contribution in [0.3, 0.4) is 0 Å². The van der Waals surface area contributed by atoms with Gasteiger partial charge in [0.05, 0.1) is 0 Å². The van der Waals surface area contributed by atoms with Crippen LogP contribution in [0, 0.1) is 0 Å². The monoisotopic (exact) mass is 304 g/mol. The molecule has 0 aromatic rings. The van der Waals surface area contributed by atoms with Crippen molar-refractivity contribution in [3.05, 3.63) is 0 Å². The molecule has 0 aromatic carbocycles. The second kappa shape index (κ2) is 19.4. The van der Waals surface area contributed by atoms with Gasteiger partial charge in [0.1, 0.15) is 0 Å². The van der Waals surface area contributed by atoms with Crippen LogP contribution < -0.4 is 5.73 Å². The average Bonchev–Trinajstić information content (AvgIpc) is 2.53. The Hall–Kier alpha value is -0.650. The van der Waals surface area contributed by atoms with Gasteiger partial charge in [0.25, 0.3) is 0 Å². The van der Waals surface area contributed by atoms with Crippen LogP contribution >= 0.6 is 0 Å². The van der Waals surface area contributed by atoms with Crippen LogP contribution in [0.2, 0.25) is 0 Å². The smallest absolute Gasteiger partial charge is 0.222 e. The summed E-state index contributed by atoms with van der Waals surface area (Å²) in [4.78, 5) is 13.0. The SMILES string of the molecule is CC.CCC(=O)N(C)CCCOCCCCOCCCN. The molecule has 0 fully saturated rings. The van der Waals surface area contributed by atoms with Gasteiger partial charge in [-0.15, -0.1) is 0 Å². The lowest BCUT2D eigenvalue weighted by molar-refractivity contribution is -0.129. The molecule has 0 aromatic heterocycles. The minimum absolute atomic E-state index is 0.189. The Morgan fingerprint density at radius 3 is 1.90 bits per heavy atom. The van der Waals surface area contributed by atoms with Crippen molar-refractivity contribution in [1.29, 1.82) is 0 Å². The first-order valence-electron chi connectivity index (χ1n) is 8.31. The Balaban J connectivity index is 0. The summed E-state index contributed by atoms with van der Waals surface area (Å²) in [6.07, 6.45) is 4.45. The maximum absolute atomic E-state index is 11.3. The lowest BCUT2D eigenvalue weighted by Gasteiger charge is -2.15. The van der Waals surface area contributed by atoms with E-state index in [2.05, 4.69) is 0 Å². The summed E-state index contributed by atoms with van der Waals surface area (Å²) in [5.74, 6) is 0.189. The minimum atomic E-state index is 0.189. The highest BCUT2D eigenvalue weighted by Gasteiger charge is 2.04. The summed E-state index contributed by atoms with van der Waals surface area (Å²) >= 11 is 0. The highest BCUT2D eigenvalue weighted by atomic mass is 16.5. The molecule has 0 unspecified atom stereocenters. The molecule has 0 saturated carbocycles. The molecule has 0 rings (SSSR count). The number of unbranched alkanes of at least 4 members (excludes halogenated alkanes) is 1. The number of amides is 1. The number of rotatable bonds is 13. The van der Waals surface area contributed by atoms with Gasteiger partial charge in [-0.1, -0.05) is 20.8 Å². The van der Waals surface area contributed by atoms with Crippen LogP contribution in [-0.4, -0.2) is 57.4 Å². The number of carbonyl (C=O) groups excluding carboxylic acids is 1. The number of hydrogen-bond acceptors (Lipinski definition) is 4. The van der Waals surface area contributed by atoms with Gasteiger partial charge < -0.3 is 20.1 Å². The first-order valence-corrected chi connectivity index (χ1v) is 8.31. The fourth-order valence-corrected chi connectivity index (χ4v) is 1.60. The molecule has 0 bridgehead atoms. The second-order valence-corrected chi connectivity index (χ2v) is 4.60. The largest absolute Gasteiger partial charge is 0.381 e. The molecule has 1 amide bonds. The highest BCUT2D eigenvalue weighted by molar-refractivity contribution is 5.75. The number of nitrogens with two attached hydrogens (primary N) is 1. The van der Waals surface area contributed by atoms with Crippen molar-refractivity contribution in [3.63, 3.8) is 0 Å². The fourth-order valence-electron chi connectivity index (χ4n) is 1.60. The van der Waals surface area contributed by atoms with Crippen LogP contribution in [0.4, 0.5) is 0 Å². The molecule has 0 aliphatic carbocycles. The number of ether oxygens (including phenoxy) is 2. The van der Waals surface area contributed by atoms with E-state index in [0.29, 0.717) is 13.0 Å². The van der Waals surface area contributed by atoms with Crippen LogP contribution in [0.15, 0.2) is 0 Å². The van der Waals surface area contributed by atoms with Gasteiger partial charge in [-0.3, -0.25) is 4.79 Å². The van der Waals surface area contributed by atoms with Gasteiger partial charge in [-0.05, 0) is 32.2 Å². The third-order valence-electron chi connectivity index (χ3n) is 2.83. The average molecular weight is 304 g/mol. The molecular weight excluding hydrogens is 268 g/mol. The van der Waals surface area contributed by atoms with Crippen LogP contribution in [0.5, 0.6) is 0 Å². The van der Waals surface area contributed by atoms with E-state index in [1.807, 2.05) is 27.8 Å². The second-order valence-electron chi connectivity index (χ2n) is 4.60. The minimum Gasteiger partial charge on any atom is -0.381 e. The number of carbonyl (C=O) groups is 1. The predicted molar refractivity (Wildman–Crippen MR) is 88.4 cm³/mol. The Kier molecular flexibility index (Phi) is 20.9. The standard InChI is InChI=1S/C14H30N2O3.C2H6/c1-3-14(17)16(2)9-7-13-19-11-5-4-10-18-12-6-8-15;1-2/h3-13,15H2,1-2H3;1-2H3. The molecule has 0 saturated heterocycles. The molecule has 0 spiro atoms. The van der Waals surface area contributed by atoms with Gasteiger partial charge in [0, 0.05) is 46.4 Å². The van der Waals surface area contributed by atoms with E-state index < -0.39 is 0 Å². The van der Waals surface area contributed by atoms with E-state index in [-0.39, 0.29) is 5.91 Å². The Morgan fingerprint density at radius 2 is 1.43 bits per heavy atom. The van der Waals surface area contributed by atoms with Crippen molar-refractivity contribution >= 4 is 5.91 Å². The van der Waals surface area contributed by atoms with E-state index >= 15 is 0 Å². The lowest BCUT2D eigenvalue weighted by Crippen LogP contribution is -2.27. The molecule has 0 aliphatic heterocycles. The third kappa shape index (κ3) is 17.3. The van der Waals surface area contributed by atoms with E-state index in [1.165, 1.54) is 0 Å². The zero-order valence-corrected chi connectivity index (χ0v) is 14.5. The van der Waals surface area contributed by atoms with Crippen LogP contribution in [0.1, 0.15) is 52.9 Å². The highest BCUT2D eigenvalue weighted by Crippen LogP contribution is 1.96. The summed E-state index contributed by atoms with van der Waals surface area (Å²) < 4.78 is 10.9. The summed E-state index contributed by atoms with van der Waals surface area (Å²) in [5, 5.41) is 0. The van der Waals surface area contributed by atoms with Crippen molar-refractivity contribution in [2.75, 3.05) is 46.6 Å². The summed E-state index contributed by atoms with van der Waals surface area (Å²) in [7, 11) is 1.84. The molecule has 0 heterocycles. The maximum Gasteiger partial charge on any atom is 0.222 e. The van der Waals surface area contributed by atoms with Crippen LogP contribution in [-0.2, 0) is 14.3 Å². The first kappa shape index (κ1) is 22.6. The summed E-state index contributed by atoms with van der Waals surface area (Å²) in [5.41, 5.74) is 5.36. The van der Waals surface area contributed by atoms with Crippen molar-refractivity contribution < 1.29 is 14.3 Å². The molecule has 128 valence electrons. The van der Waals surface area contributed by atoms with Crippen LogP contribution in [0.25, 0.3) is 0 Å². The molecule has 5 heteroatoms. The third-order valence-corrected chi connectivity index (χ3v) is 2.83. The summed E-state index contributed by atoms with van der Waals surface area (Å²) in [6.45, 7) is 10.4. The molecule has 0 radical (unpaired) electrons. The maximum atomic E-state index is 11.3. The number of nitrogens with zero attached hydrogens (tertiary/aromatic N) is 1. The zero-order valence-electron chi connectivity index (χ0n) is 14.5. The Morgan fingerprint density at radius 1 is 0.952 bits per heavy atom. The molecule has 21 heavy (non-hydrogen) atoms. The van der Waals surface area contributed by atoms with Gasteiger partial charge in [-0.2, -0.15) is 0 Å². The summed E-state index contributed by atoms with van der Waals surface area (Å²) in [6, 6.07) is 0. The molecule has 5 nitrogen and oxygen atoms in total. The van der Waals surface area contributed by atoms with Crippen molar-refractivity contribution in [1.82, 2.24) is 4.90 Å². The quantitative estimate of drug-likeness (QED) is 0.531. The zero-order chi connectivity index (χ0) is 16.3. The lowest BCUT2D eigenvalue weighted by atomic mass is 10.3. The Bertz CT molecular complexity index is 214. The predicted octanol–water partition coefficient (Wildman–Crippen LogP) is 2.43. The van der Waals surface area contributed by atoms with Gasteiger partial charge >= 0.3 is 0 Å². The van der Waals surface area contributed by atoms with E-state index in [9.17, 15) is 4.79 Å². The first-order chi connectivity index (χ1) is 10.2. The Labute approximate surface area is 131 Å². The topological polar surface area (TPSA) is 64.8 Å². The van der Waals surface area contributed by atoms with Gasteiger partial charge in [0.2, 0.25) is 5.91 Å². The van der Waals surface area contributed by atoms with E-state index in [4.69, 9.17) is 15.2 Å². The fraction of sp³-hybridized carbons (Fsp3) is 0.938.